The van der Waals surface area contributed by atoms with E-state index in [4.69, 9.17) is 0 Å². The average Bonchev–Trinajstić information content (AvgIpc) is 2.65. The van der Waals surface area contributed by atoms with Crippen molar-refractivity contribution in [3.8, 4) is 0 Å². The third-order valence-electron chi connectivity index (χ3n) is 4.09. The summed E-state index contributed by atoms with van der Waals surface area (Å²) >= 11 is 0. The maximum Gasteiger partial charge on any atom is 0.293 e. The number of hydrogen-bond donors (Lipinski definition) is 1. The van der Waals surface area contributed by atoms with Crippen LogP contribution in [0, 0.1) is 11.8 Å². The van der Waals surface area contributed by atoms with Crippen molar-refractivity contribution in [2.45, 2.75) is 50.6 Å². The zero-order chi connectivity index (χ0) is 15.2. The van der Waals surface area contributed by atoms with Crippen LogP contribution in [0.25, 0.3) is 0 Å². The highest BCUT2D eigenvalue weighted by atomic mass is 19.3. The first-order chi connectivity index (χ1) is 9.36. The molecule has 118 valence electrons. The molecule has 20 heavy (non-hydrogen) atoms. The van der Waals surface area contributed by atoms with Crippen molar-refractivity contribution in [2.24, 2.45) is 11.8 Å². The molecule has 0 aromatic heterocycles. The Morgan fingerprint density at radius 3 is 2.40 bits per heavy atom. The van der Waals surface area contributed by atoms with Crippen LogP contribution in [-0.4, -0.2) is 38.3 Å². The first kappa shape index (κ1) is 17.3. The van der Waals surface area contributed by atoms with Gasteiger partial charge in [0.1, 0.15) is 5.67 Å². The monoisotopic (exact) mass is 295 g/mol. The van der Waals surface area contributed by atoms with E-state index in [2.05, 4.69) is 10.1 Å². The molecule has 0 aromatic rings. The number of carbonyl (C=O) groups is 1. The summed E-state index contributed by atoms with van der Waals surface area (Å²) in [6.07, 6.45) is 1.12. The Labute approximate surface area is 118 Å². The zero-order valence-corrected chi connectivity index (χ0v) is 12.1. The van der Waals surface area contributed by atoms with Gasteiger partial charge >= 0.3 is 0 Å². The molecule has 2 saturated carbocycles. The van der Waals surface area contributed by atoms with Crippen molar-refractivity contribution in [1.29, 1.82) is 0 Å². The summed E-state index contributed by atoms with van der Waals surface area (Å²) in [6, 6.07) is 0. The van der Waals surface area contributed by atoms with Gasteiger partial charge in [-0.05, 0) is 45.1 Å². The number of alkyl halides is 3. The molecule has 2 aliphatic carbocycles. The van der Waals surface area contributed by atoms with Crippen LogP contribution in [0.3, 0.4) is 0 Å². The molecule has 2 aliphatic rings. The van der Waals surface area contributed by atoms with Gasteiger partial charge in [0, 0.05) is 19.4 Å². The second kappa shape index (κ2) is 7.29. The van der Waals surface area contributed by atoms with Crippen molar-refractivity contribution >= 4 is 6.47 Å². The summed E-state index contributed by atoms with van der Waals surface area (Å²) < 4.78 is 44.6. The molecule has 0 amide bonds. The maximum atomic E-state index is 14.2. The molecule has 0 aromatic carbocycles. The van der Waals surface area contributed by atoms with Crippen LogP contribution in [0.1, 0.15) is 39.0 Å². The number of hydrogen-bond acceptors (Lipinski definition) is 3. The maximum absolute atomic E-state index is 14.2. The molecule has 3 atom stereocenters. The highest BCUT2D eigenvalue weighted by Crippen LogP contribution is 2.52. The molecule has 0 radical (unpaired) electrons. The summed E-state index contributed by atoms with van der Waals surface area (Å²) in [5, 5.41) is 2.82. The Morgan fingerprint density at radius 2 is 1.90 bits per heavy atom. The minimum absolute atomic E-state index is 0.0518. The predicted molar refractivity (Wildman–Crippen MR) is 70.5 cm³/mol. The second-order valence-electron chi connectivity index (χ2n) is 5.76. The van der Waals surface area contributed by atoms with Crippen LogP contribution in [0.5, 0.6) is 0 Å². The first-order valence-electron chi connectivity index (χ1n) is 7.12. The minimum Gasteiger partial charge on any atom is -0.468 e. The Kier molecular flexibility index (Phi) is 6.30. The minimum atomic E-state index is -2.55. The van der Waals surface area contributed by atoms with Gasteiger partial charge in [0.15, 0.2) is 0 Å². The molecule has 2 rings (SSSR count). The largest absolute Gasteiger partial charge is 0.468 e. The zero-order valence-electron chi connectivity index (χ0n) is 12.1. The van der Waals surface area contributed by atoms with Crippen LogP contribution >= 0.6 is 0 Å². The van der Waals surface area contributed by atoms with E-state index in [1.165, 1.54) is 0 Å². The van der Waals surface area contributed by atoms with E-state index >= 15 is 0 Å². The summed E-state index contributed by atoms with van der Waals surface area (Å²) in [7, 11) is 1.71. The fourth-order valence-electron chi connectivity index (χ4n) is 3.34. The lowest BCUT2D eigenvalue weighted by atomic mass is 9.80. The van der Waals surface area contributed by atoms with Gasteiger partial charge in [-0.2, -0.15) is 0 Å². The van der Waals surface area contributed by atoms with Gasteiger partial charge in [0.05, 0.1) is 6.61 Å². The number of halogens is 3. The molecule has 3 nitrogen and oxygen atoms in total. The van der Waals surface area contributed by atoms with E-state index < -0.39 is 11.6 Å². The molecule has 0 spiro atoms. The molecule has 6 heteroatoms. The third-order valence-corrected chi connectivity index (χ3v) is 4.09. The van der Waals surface area contributed by atoms with Crippen molar-refractivity contribution < 1.29 is 22.7 Å². The molecule has 0 aliphatic heterocycles. The lowest BCUT2D eigenvalue weighted by Gasteiger charge is -2.31. The fraction of sp³-hybridized carbons (Fsp3) is 0.929. The van der Waals surface area contributed by atoms with Gasteiger partial charge in [0.25, 0.3) is 6.47 Å². The van der Waals surface area contributed by atoms with E-state index in [0.29, 0.717) is 38.9 Å². The number of fused-ring (bicyclic) bond motifs is 1. The number of nitrogens with one attached hydrogen (secondary N) is 1. The van der Waals surface area contributed by atoms with Crippen molar-refractivity contribution in [2.75, 3.05) is 20.2 Å². The number of ether oxygens (including phenoxy) is 1. The van der Waals surface area contributed by atoms with Crippen LogP contribution in [0.4, 0.5) is 13.2 Å². The number of carbonyl (C=O) groups excluding carboxylic acids is 1. The number of rotatable bonds is 4. The summed E-state index contributed by atoms with van der Waals surface area (Å²) in [4.78, 5) is 9.18. The molecule has 0 bridgehead atoms. The Morgan fingerprint density at radius 1 is 1.25 bits per heavy atom. The van der Waals surface area contributed by atoms with E-state index in [9.17, 15) is 18.0 Å². The normalized spacial score (nSPS) is 34.6. The molecule has 0 saturated heterocycles. The van der Waals surface area contributed by atoms with Crippen LogP contribution in [0.2, 0.25) is 0 Å². The van der Waals surface area contributed by atoms with Gasteiger partial charge in [-0.25, -0.2) is 13.2 Å². The predicted octanol–water partition coefficient (Wildman–Crippen LogP) is 2.94. The van der Waals surface area contributed by atoms with Gasteiger partial charge in [-0.1, -0.05) is 0 Å². The van der Waals surface area contributed by atoms with Crippen molar-refractivity contribution in [3.05, 3.63) is 0 Å². The molecule has 3 unspecified atom stereocenters. The molecule has 1 N–H and O–H groups in total. The molecule has 2 fully saturated rings. The molecule has 0 heterocycles. The van der Waals surface area contributed by atoms with Gasteiger partial charge in [0.2, 0.25) is 5.92 Å². The Hall–Kier alpha value is -0.780. The fourth-order valence-corrected chi connectivity index (χ4v) is 3.34. The van der Waals surface area contributed by atoms with Crippen molar-refractivity contribution in [3.63, 3.8) is 0 Å². The third kappa shape index (κ3) is 4.96. The van der Waals surface area contributed by atoms with Gasteiger partial charge in [-0.15, -0.1) is 0 Å². The lowest BCUT2D eigenvalue weighted by Crippen LogP contribution is -2.32. The summed E-state index contributed by atoms with van der Waals surface area (Å²) in [6.45, 7) is 2.96. The molecular weight excluding hydrogens is 271 g/mol. The summed E-state index contributed by atoms with van der Waals surface area (Å²) in [5.74, 6) is -2.47. The van der Waals surface area contributed by atoms with Gasteiger partial charge in [-0.3, -0.25) is 4.79 Å². The smallest absolute Gasteiger partial charge is 0.293 e. The molecular formula is C14H24F3NO2. The van der Waals surface area contributed by atoms with Crippen LogP contribution in [-0.2, 0) is 9.53 Å². The standard InChI is InChI=1S/C11H18F3N.C3H6O2/c1-15-7-10(12)4-8-2-3-11(13,14)6-9(8)5-10;1-2-5-3-4/h8-9,15H,2-7H2,1H3;3H,2H2,1H3. The van der Waals surface area contributed by atoms with Crippen LogP contribution < -0.4 is 5.32 Å². The Balaban J connectivity index is 0.000000347. The highest BCUT2D eigenvalue weighted by Gasteiger charge is 2.51. The quantitative estimate of drug-likeness (QED) is 0.810. The van der Waals surface area contributed by atoms with E-state index in [-0.39, 0.29) is 24.7 Å². The average molecular weight is 295 g/mol. The van der Waals surface area contributed by atoms with Gasteiger partial charge < -0.3 is 10.1 Å². The highest BCUT2D eigenvalue weighted by molar-refractivity contribution is 5.36. The van der Waals surface area contributed by atoms with E-state index in [0.717, 1.165) is 0 Å². The SMILES string of the molecule is CCOC=O.CNCC1(F)CC2CCC(F)(F)CC2C1. The topological polar surface area (TPSA) is 38.3 Å². The van der Waals surface area contributed by atoms with E-state index in [1.807, 2.05) is 0 Å². The summed E-state index contributed by atoms with van der Waals surface area (Å²) in [5.41, 5.74) is -1.25. The Bertz CT molecular complexity index is 315. The second-order valence-corrected chi connectivity index (χ2v) is 5.76. The first-order valence-corrected chi connectivity index (χ1v) is 7.12. The van der Waals surface area contributed by atoms with Crippen LogP contribution in [0.15, 0.2) is 0 Å². The lowest BCUT2D eigenvalue weighted by molar-refractivity contribution is -0.128. The van der Waals surface area contributed by atoms with E-state index in [1.54, 1.807) is 14.0 Å². The van der Waals surface area contributed by atoms with Crippen molar-refractivity contribution in [1.82, 2.24) is 5.32 Å².